The lowest BCUT2D eigenvalue weighted by Crippen LogP contribution is -2.40. The lowest BCUT2D eigenvalue weighted by atomic mass is 10.2. The number of rotatable bonds is 2. The molecule has 1 aliphatic heterocycles. The van der Waals surface area contributed by atoms with E-state index in [4.69, 9.17) is 9.94 Å². The van der Waals surface area contributed by atoms with Crippen LogP contribution in [0.1, 0.15) is 10.4 Å². The molecule has 0 spiro atoms. The fourth-order valence-corrected chi connectivity index (χ4v) is 1.64. The number of morpholine rings is 1. The predicted molar refractivity (Wildman–Crippen MR) is 58.6 cm³/mol. The number of carbonyl (C=O) groups is 1. The Morgan fingerprint density at radius 2 is 1.88 bits per heavy atom. The molecular formula is C11H14N2O3. The van der Waals surface area contributed by atoms with Crippen molar-refractivity contribution < 1.29 is 14.7 Å². The van der Waals surface area contributed by atoms with Crippen molar-refractivity contribution in [3.63, 3.8) is 0 Å². The summed E-state index contributed by atoms with van der Waals surface area (Å²) in [7, 11) is 0. The minimum Gasteiger partial charge on any atom is -0.378 e. The second-order valence-electron chi connectivity index (χ2n) is 3.59. The van der Waals surface area contributed by atoms with E-state index in [1.165, 1.54) is 0 Å². The monoisotopic (exact) mass is 222 g/mol. The van der Waals surface area contributed by atoms with Gasteiger partial charge in [0.25, 0.3) is 5.91 Å². The number of hydrogen-bond acceptors (Lipinski definition) is 4. The van der Waals surface area contributed by atoms with Crippen molar-refractivity contribution in [2.24, 2.45) is 0 Å². The van der Waals surface area contributed by atoms with Gasteiger partial charge in [-0.05, 0) is 24.3 Å². The number of hydrogen-bond donors (Lipinski definition) is 2. The summed E-state index contributed by atoms with van der Waals surface area (Å²) in [5.74, 6) is 0.00721. The fraction of sp³-hybridized carbons (Fsp3) is 0.364. The molecule has 0 aromatic heterocycles. The Hall–Kier alpha value is -1.59. The minimum absolute atomic E-state index is 0.00721. The molecule has 0 atom stereocenters. The van der Waals surface area contributed by atoms with Crippen LogP contribution in [0.25, 0.3) is 0 Å². The maximum Gasteiger partial charge on any atom is 0.254 e. The Kier molecular flexibility index (Phi) is 3.38. The van der Waals surface area contributed by atoms with Crippen LogP contribution in [0.3, 0.4) is 0 Å². The molecule has 86 valence electrons. The van der Waals surface area contributed by atoms with Crippen LogP contribution in [-0.2, 0) is 4.74 Å². The van der Waals surface area contributed by atoms with Gasteiger partial charge in [0.05, 0.1) is 18.9 Å². The van der Waals surface area contributed by atoms with E-state index in [2.05, 4.69) is 0 Å². The Bertz CT molecular complexity index is 358. The Morgan fingerprint density at radius 3 is 2.44 bits per heavy atom. The molecule has 0 aliphatic carbocycles. The molecule has 1 aromatic carbocycles. The van der Waals surface area contributed by atoms with Crippen molar-refractivity contribution in [1.29, 1.82) is 0 Å². The van der Waals surface area contributed by atoms with Gasteiger partial charge < -0.3 is 9.64 Å². The smallest absolute Gasteiger partial charge is 0.254 e. The average molecular weight is 222 g/mol. The van der Waals surface area contributed by atoms with Gasteiger partial charge in [0.2, 0.25) is 0 Å². The number of anilines is 1. The van der Waals surface area contributed by atoms with Gasteiger partial charge in [-0.25, -0.2) is 0 Å². The molecule has 2 rings (SSSR count). The van der Waals surface area contributed by atoms with Gasteiger partial charge in [-0.15, -0.1) is 0 Å². The first kappa shape index (κ1) is 10.9. The zero-order valence-corrected chi connectivity index (χ0v) is 8.85. The minimum atomic E-state index is 0.00721. The summed E-state index contributed by atoms with van der Waals surface area (Å²) in [5, 5.41) is 8.65. The quantitative estimate of drug-likeness (QED) is 0.732. The molecule has 0 radical (unpaired) electrons. The van der Waals surface area contributed by atoms with E-state index < -0.39 is 0 Å². The standard InChI is InChI=1S/C11H14N2O3/c14-11(13-5-7-16-8-6-13)9-1-3-10(12-15)4-2-9/h1-4,12,15H,5-8H2. The zero-order chi connectivity index (χ0) is 11.4. The molecule has 1 fully saturated rings. The number of carbonyl (C=O) groups excluding carboxylic acids is 1. The molecule has 1 saturated heterocycles. The summed E-state index contributed by atoms with van der Waals surface area (Å²) in [6.07, 6.45) is 0. The number of nitrogens with one attached hydrogen (secondary N) is 1. The van der Waals surface area contributed by atoms with Gasteiger partial charge in [0.15, 0.2) is 0 Å². The zero-order valence-electron chi connectivity index (χ0n) is 8.85. The average Bonchev–Trinajstić information content (AvgIpc) is 2.39. The predicted octanol–water partition coefficient (Wildman–Crippen LogP) is 0.960. The largest absolute Gasteiger partial charge is 0.378 e. The molecule has 5 heteroatoms. The van der Waals surface area contributed by atoms with E-state index in [1.807, 2.05) is 5.48 Å². The van der Waals surface area contributed by atoms with Crippen LogP contribution in [0.2, 0.25) is 0 Å². The maximum absolute atomic E-state index is 12.0. The molecule has 2 N–H and O–H groups in total. The second kappa shape index (κ2) is 4.96. The summed E-state index contributed by atoms with van der Waals surface area (Å²) in [6.45, 7) is 2.47. The van der Waals surface area contributed by atoms with Gasteiger partial charge >= 0.3 is 0 Å². The highest BCUT2D eigenvalue weighted by molar-refractivity contribution is 5.94. The van der Waals surface area contributed by atoms with Crippen LogP contribution in [0.5, 0.6) is 0 Å². The molecule has 0 saturated carbocycles. The third-order valence-corrected chi connectivity index (χ3v) is 2.56. The Balaban J connectivity index is 2.07. The number of ether oxygens (including phenoxy) is 1. The van der Waals surface area contributed by atoms with Crippen molar-refractivity contribution in [3.05, 3.63) is 29.8 Å². The number of nitrogens with zero attached hydrogens (tertiary/aromatic N) is 1. The lowest BCUT2D eigenvalue weighted by molar-refractivity contribution is 0.0303. The third-order valence-electron chi connectivity index (χ3n) is 2.56. The van der Waals surface area contributed by atoms with Crippen LogP contribution in [0, 0.1) is 0 Å². The molecule has 0 unspecified atom stereocenters. The Morgan fingerprint density at radius 1 is 1.25 bits per heavy atom. The highest BCUT2D eigenvalue weighted by atomic mass is 16.5. The van der Waals surface area contributed by atoms with Gasteiger partial charge in [0, 0.05) is 18.7 Å². The van der Waals surface area contributed by atoms with Gasteiger partial charge in [-0.3, -0.25) is 15.5 Å². The van der Waals surface area contributed by atoms with Crippen molar-refractivity contribution >= 4 is 11.6 Å². The molecule has 16 heavy (non-hydrogen) atoms. The highest BCUT2D eigenvalue weighted by Crippen LogP contribution is 2.11. The first-order valence-electron chi connectivity index (χ1n) is 5.18. The van der Waals surface area contributed by atoms with Gasteiger partial charge in [0.1, 0.15) is 0 Å². The molecule has 0 bridgehead atoms. The molecule has 1 aliphatic rings. The molecule has 1 heterocycles. The summed E-state index contributed by atoms with van der Waals surface area (Å²) in [5.41, 5.74) is 3.22. The topological polar surface area (TPSA) is 61.8 Å². The van der Waals surface area contributed by atoms with Crippen LogP contribution in [0.4, 0.5) is 5.69 Å². The summed E-state index contributed by atoms with van der Waals surface area (Å²) >= 11 is 0. The molecular weight excluding hydrogens is 208 g/mol. The molecule has 1 aromatic rings. The number of benzene rings is 1. The fourth-order valence-electron chi connectivity index (χ4n) is 1.64. The van der Waals surface area contributed by atoms with Gasteiger partial charge in [-0.1, -0.05) is 0 Å². The van der Waals surface area contributed by atoms with E-state index in [-0.39, 0.29) is 5.91 Å². The molecule has 5 nitrogen and oxygen atoms in total. The Labute approximate surface area is 93.6 Å². The third kappa shape index (κ3) is 2.32. The first-order chi connectivity index (χ1) is 7.81. The van der Waals surface area contributed by atoms with Crippen LogP contribution in [-0.4, -0.2) is 42.3 Å². The van der Waals surface area contributed by atoms with Crippen LogP contribution in [0.15, 0.2) is 24.3 Å². The van der Waals surface area contributed by atoms with Crippen molar-refractivity contribution in [2.45, 2.75) is 0 Å². The van der Waals surface area contributed by atoms with E-state index in [0.717, 1.165) is 0 Å². The van der Waals surface area contributed by atoms with Crippen molar-refractivity contribution in [3.8, 4) is 0 Å². The second-order valence-corrected chi connectivity index (χ2v) is 3.59. The van der Waals surface area contributed by atoms with E-state index >= 15 is 0 Å². The van der Waals surface area contributed by atoms with Crippen LogP contribution >= 0.6 is 0 Å². The van der Waals surface area contributed by atoms with Crippen molar-refractivity contribution in [2.75, 3.05) is 31.8 Å². The van der Waals surface area contributed by atoms with Gasteiger partial charge in [-0.2, -0.15) is 0 Å². The molecule has 1 amide bonds. The summed E-state index contributed by atoms with van der Waals surface area (Å²) < 4.78 is 5.19. The van der Waals surface area contributed by atoms with Crippen LogP contribution < -0.4 is 5.48 Å². The lowest BCUT2D eigenvalue weighted by Gasteiger charge is -2.26. The summed E-state index contributed by atoms with van der Waals surface area (Å²) in [4.78, 5) is 13.8. The summed E-state index contributed by atoms with van der Waals surface area (Å²) in [6, 6.07) is 6.70. The number of amides is 1. The van der Waals surface area contributed by atoms with E-state index in [0.29, 0.717) is 37.6 Å². The SMILES string of the molecule is O=C(c1ccc(NO)cc1)N1CCOCC1. The van der Waals surface area contributed by atoms with E-state index in [9.17, 15) is 4.79 Å². The first-order valence-corrected chi connectivity index (χ1v) is 5.18. The van der Waals surface area contributed by atoms with E-state index in [1.54, 1.807) is 29.2 Å². The van der Waals surface area contributed by atoms with Crippen molar-refractivity contribution in [1.82, 2.24) is 4.90 Å². The normalized spacial score (nSPS) is 15.9. The highest BCUT2D eigenvalue weighted by Gasteiger charge is 2.17. The maximum atomic E-state index is 12.0.